The largest absolute Gasteiger partial charge is 0.444 e. The summed E-state index contributed by atoms with van der Waals surface area (Å²) in [4.78, 5) is 8.88. The Kier molecular flexibility index (Phi) is 4.69. The van der Waals surface area contributed by atoms with E-state index in [0.717, 1.165) is 29.8 Å². The van der Waals surface area contributed by atoms with E-state index in [9.17, 15) is 0 Å². The van der Waals surface area contributed by atoms with Crippen LogP contribution in [-0.4, -0.2) is 10.9 Å². The number of aliphatic imine (C=N–C) groups is 1. The number of oxazole rings is 1. The van der Waals surface area contributed by atoms with Crippen molar-refractivity contribution in [2.75, 3.05) is 5.32 Å². The molecule has 5 heteroatoms. The van der Waals surface area contributed by atoms with Gasteiger partial charge in [0, 0.05) is 11.3 Å². The van der Waals surface area contributed by atoms with Crippen molar-refractivity contribution < 1.29 is 4.42 Å². The van der Waals surface area contributed by atoms with Crippen molar-refractivity contribution in [2.45, 2.75) is 32.2 Å². The van der Waals surface area contributed by atoms with Crippen molar-refractivity contribution in [2.24, 2.45) is 10.7 Å². The molecule has 0 unspecified atom stereocenters. The molecular formula is C21H22N4O. The molecule has 3 N–H and O–H groups in total. The maximum atomic E-state index is 6.09. The molecule has 2 aromatic carbocycles. The zero-order valence-corrected chi connectivity index (χ0v) is 14.6. The molecule has 0 atom stereocenters. The summed E-state index contributed by atoms with van der Waals surface area (Å²) in [5, 5.41) is 3.25. The summed E-state index contributed by atoms with van der Waals surface area (Å²) in [6.45, 7) is 0.379. The third kappa shape index (κ3) is 3.61. The number of nitrogens with two attached hydrogens (primary N) is 1. The predicted molar refractivity (Wildman–Crippen MR) is 104 cm³/mol. The fourth-order valence-corrected chi connectivity index (χ4v) is 3.34. The molecule has 0 radical (unpaired) electrons. The number of nitrogens with one attached hydrogen (secondary N) is 1. The lowest BCUT2D eigenvalue weighted by Crippen LogP contribution is -2.24. The lowest BCUT2D eigenvalue weighted by Gasteiger charge is -2.19. The minimum Gasteiger partial charge on any atom is -0.444 e. The van der Waals surface area contributed by atoms with Crippen LogP contribution in [0.25, 0.3) is 11.5 Å². The Morgan fingerprint density at radius 2 is 1.92 bits per heavy atom. The molecular weight excluding hydrogens is 324 g/mol. The molecule has 1 aliphatic carbocycles. The van der Waals surface area contributed by atoms with Crippen LogP contribution in [0, 0.1) is 0 Å². The Hall–Kier alpha value is -3.08. The Balaban J connectivity index is 1.44. The second-order valence-electron chi connectivity index (χ2n) is 6.49. The number of anilines is 1. The van der Waals surface area contributed by atoms with E-state index in [0.29, 0.717) is 18.4 Å². The zero-order chi connectivity index (χ0) is 17.8. The van der Waals surface area contributed by atoms with E-state index in [2.05, 4.69) is 33.5 Å². The highest BCUT2D eigenvalue weighted by atomic mass is 16.3. The van der Waals surface area contributed by atoms with Gasteiger partial charge in [0.2, 0.25) is 5.89 Å². The van der Waals surface area contributed by atoms with Crippen molar-refractivity contribution in [1.82, 2.24) is 4.98 Å². The summed E-state index contributed by atoms with van der Waals surface area (Å²) >= 11 is 0. The van der Waals surface area contributed by atoms with Gasteiger partial charge >= 0.3 is 0 Å². The van der Waals surface area contributed by atoms with Crippen molar-refractivity contribution in [3.8, 4) is 11.5 Å². The van der Waals surface area contributed by atoms with E-state index in [1.54, 1.807) is 6.26 Å². The molecule has 132 valence electrons. The lowest BCUT2D eigenvalue weighted by atomic mass is 9.90. The smallest absolute Gasteiger partial charge is 0.226 e. The quantitative estimate of drug-likeness (QED) is 0.550. The van der Waals surface area contributed by atoms with Crippen molar-refractivity contribution >= 4 is 11.6 Å². The van der Waals surface area contributed by atoms with Crippen LogP contribution < -0.4 is 11.1 Å². The number of nitrogens with zero attached hydrogens (tertiary/aromatic N) is 2. The third-order valence-corrected chi connectivity index (χ3v) is 4.64. The topological polar surface area (TPSA) is 76.4 Å². The van der Waals surface area contributed by atoms with Crippen LogP contribution in [-0.2, 0) is 19.4 Å². The van der Waals surface area contributed by atoms with Gasteiger partial charge in [0.05, 0.1) is 6.54 Å². The number of aryl methyl sites for hydroxylation is 1. The van der Waals surface area contributed by atoms with Crippen LogP contribution in [0.15, 0.2) is 64.2 Å². The van der Waals surface area contributed by atoms with Gasteiger partial charge in [0.15, 0.2) is 5.96 Å². The number of rotatable bonds is 4. The number of guanidine groups is 1. The summed E-state index contributed by atoms with van der Waals surface area (Å²) < 4.78 is 5.53. The minimum absolute atomic E-state index is 0.379. The highest BCUT2D eigenvalue weighted by molar-refractivity contribution is 5.93. The predicted octanol–water partition coefficient (Wildman–Crippen LogP) is 4.15. The fourth-order valence-electron chi connectivity index (χ4n) is 3.34. The lowest BCUT2D eigenvalue weighted by molar-refractivity contribution is 0.572. The summed E-state index contributed by atoms with van der Waals surface area (Å²) in [6, 6.07) is 16.2. The summed E-state index contributed by atoms with van der Waals surface area (Å²) in [6.07, 6.45) is 6.35. The first-order chi connectivity index (χ1) is 12.8. The maximum absolute atomic E-state index is 6.09. The van der Waals surface area contributed by atoms with Crippen LogP contribution in [0.1, 0.15) is 29.7 Å². The summed E-state index contributed by atoms with van der Waals surface area (Å²) in [7, 11) is 0. The standard InChI is InChI=1S/C21H22N4O/c22-21(25-19-12-6-10-15-7-4-5-11-18(15)19)23-13-17-14-26-20(24-17)16-8-2-1-3-9-16/h1-3,6,8-10,12,14H,4-5,7,11,13H2,(H3,22,23,25). The van der Waals surface area contributed by atoms with Crippen LogP contribution in [0.3, 0.4) is 0 Å². The molecule has 3 aromatic rings. The highest BCUT2D eigenvalue weighted by Crippen LogP contribution is 2.27. The Morgan fingerprint density at radius 1 is 1.08 bits per heavy atom. The van der Waals surface area contributed by atoms with Crippen molar-refractivity contribution in [3.63, 3.8) is 0 Å². The average molecular weight is 346 g/mol. The minimum atomic E-state index is 0.379. The third-order valence-electron chi connectivity index (χ3n) is 4.64. The van der Waals surface area contributed by atoms with Gasteiger partial charge in [-0.05, 0) is 55.0 Å². The molecule has 1 aliphatic rings. The number of aromatic nitrogens is 1. The number of hydrogen-bond acceptors (Lipinski definition) is 3. The van der Waals surface area contributed by atoms with E-state index in [1.807, 2.05) is 30.3 Å². The Labute approximate surface area is 153 Å². The molecule has 1 heterocycles. The molecule has 26 heavy (non-hydrogen) atoms. The molecule has 1 aromatic heterocycles. The van der Waals surface area contributed by atoms with Crippen molar-refractivity contribution in [3.05, 3.63) is 71.6 Å². The molecule has 0 fully saturated rings. The van der Waals surface area contributed by atoms with Gasteiger partial charge in [-0.3, -0.25) is 0 Å². The van der Waals surface area contributed by atoms with Crippen LogP contribution in [0.4, 0.5) is 5.69 Å². The van der Waals surface area contributed by atoms with Gasteiger partial charge in [-0.2, -0.15) is 0 Å². The second-order valence-corrected chi connectivity index (χ2v) is 6.49. The average Bonchev–Trinajstić information content (AvgIpc) is 3.17. The first kappa shape index (κ1) is 16.4. The Morgan fingerprint density at radius 3 is 2.81 bits per heavy atom. The Bertz CT molecular complexity index is 915. The highest BCUT2D eigenvalue weighted by Gasteiger charge is 2.13. The molecule has 4 rings (SSSR count). The van der Waals surface area contributed by atoms with Gasteiger partial charge < -0.3 is 15.5 Å². The molecule has 5 nitrogen and oxygen atoms in total. The fraction of sp³-hybridized carbons (Fsp3) is 0.238. The first-order valence-electron chi connectivity index (χ1n) is 8.97. The maximum Gasteiger partial charge on any atom is 0.226 e. The molecule has 0 aliphatic heterocycles. The van der Waals surface area contributed by atoms with E-state index in [4.69, 9.17) is 10.2 Å². The first-order valence-corrected chi connectivity index (χ1v) is 8.97. The molecule has 0 spiro atoms. The van der Waals surface area contributed by atoms with Crippen LogP contribution >= 0.6 is 0 Å². The molecule has 0 bridgehead atoms. The number of benzene rings is 2. The van der Waals surface area contributed by atoms with E-state index in [1.165, 1.54) is 24.0 Å². The summed E-state index contributed by atoms with van der Waals surface area (Å²) in [5.74, 6) is 0.993. The van der Waals surface area contributed by atoms with Crippen molar-refractivity contribution in [1.29, 1.82) is 0 Å². The molecule has 0 saturated carbocycles. The molecule has 0 amide bonds. The molecule has 0 saturated heterocycles. The van der Waals surface area contributed by atoms with Gasteiger partial charge in [-0.15, -0.1) is 0 Å². The zero-order valence-electron chi connectivity index (χ0n) is 14.6. The number of hydrogen-bond donors (Lipinski definition) is 2. The van der Waals surface area contributed by atoms with E-state index in [-0.39, 0.29) is 0 Å². The van der Waals surface area contributed by atoms with Gasteiger partial charge in [0.25, 0.3) is 0 Å². The second kappa shape index (κ2) is 7.44. The normalized spacial score (nSPS) is 14.1. The van der Waals surface area contributed by atoms with E-state index < -0.39 is 0 Å². The van der Waals surface area contributed by atoms with Crippen LogP contribution in [0.2, 0.25) is 0 Å². The van der Waals surface area contributed by atoms with Gasteiger partial charge in [-0.1, -0.05) is 30.3 Å². The summed E-state index contributed by atoms with van der Waals surface area (Å²) in [5.41, 5.74) is 11.6. The van der Waals surface area contributed by atoms with E-state index >= 15 is 0 Å². The monoisotopic (exact) mass is 346 g/mol. The van der Waals surface area contributed by atoms with Gasteiger partial charge in [-0.25, -0.2) is 9.98 Å². The van der Waals surface area contributed by atoms with Crippen LogP contribution in [0.5, 0.6) is 0 Å². The number of fused-ring (bicyclic) bond motifs is 1. The van der Waals surface area contributed by atoms with Gasteiger partial charge in [0.1, 0.15) is 12.0 Å². The SMILES string of the molecule is NC(=NCc1coc(-c2ccccc2)n1)Nc1cccc2c1CCCC2.